The molecule has 1 aliphatic carbocycles. The van der Waals surface area contributed by atoms with E-state index in [4.69, 9.17) is 0 Å². The minimum atomic E-state index is -0.353. The number of carbonyl (C=O) groups is 1. The smallest absolute Gasteiger partial charge is 0.262 e. The molecule has 0 spiro atoms. The maximum Gasteiger partial charge on any atom is 0.262 e. The van der Waals surface area contributed by atoms with E-state index in [-0.39, 0.29) is 41.0 Å². The lowest BCUT2D eigenvalue weighted by Crippen LogP contribution is -2.23. The zero-order chi connectivity index (χ0) is 20.7. The number of fused-ring (bicyclic) bond motifs is 3. The molecule has 5 rings (SSSR count). The number of Topliss-reactive ketones (excluding diaryl/α,β-unsaturated/α-hetero) is 1. The first-order valence-corrected chi connectivity index (χ1v) is 9.65. The molecule has 30 heavy (non-hydrogen) atoms. The van der Waals surface area contributed by atoms with Crippen molar-refractivity contribution in [1.82, 2.24) is 15.0 Å². The number of H-pyrrole nitrogens is 1. The average Bonchev–Trinajstić information content (AvgIpc) is 2.74. The van der Waals surface area contributed by atoms with Crippen LogP contribution in [0.3, 0.4) is 0 Å². The maximum absolute atomic E-state index is 12.9. The van der Waals surface area contributed by atoms with Gasteiger partial charge in [-0.2, -0.15) is 4.98 Å². The van der Waals surface area contributed by atoms with Crippen LogP contribution in [0.1, 0.15) is 33.8 Å². The van der Waals surface area contributed by atoms with Crippen LogP contribution in [0.15, 0.2) is 65.6 Å². The molecule has 2 aromatic heterocycles. The fourth-order valence-corrected chi connectivity index (χ4v) is 4.04. The van der Waals surface area contributed by atoms with Gasteiger partial charge in [0.1, 0.15) is 5.75 Å². The summed E-state index contributed by atoms with van der Waals surface area (Å²) in [6.07, 6.45) is 2.21. The number of pyridine rings is 1. The fraction of sp³-hybridized carbons (Fsp3) is 0.130. The van der Waals surface area contributed by atoms with Gasteiger partial charge in [-0.15, -0.1) is 0 Å². The molecule has 0 aliphatic heterocycles. The SMILES string of the molecule is O=C1CC(c2ccccc2O)Cc2c1cnc1nc(Nc3ccccc3)[nH]c(=O)c21. The van der Waals surface area contributed by atoms with Crippen LogP contribution in [-0.4, -0.2) is 25.8 Å². The zero-order valence-electron chi connectivity index (χ0n) is 15.9. The molecule has 1 unspecified atom stereocenters. The van der Waals surface area contributed by atoms with Crippen molar-refractivity contribution in [2.75, 3.05) is 5.32 Å². The lowest BCUT2D eigenvalue weighted by Gasteiger charge is -2.25. The number of nitrogens with one attached hydrogen (secondary N) is 2. The van der Waals surface area contributed by atoms with Crippen molar-refractivity contribution in [3.8, 4) is 5.75 Å². The first-order chi connectivity index (χ1) is 14.6. The van der Waals surface area contributed by atoms with Crippen LogP contribution in [0, 0.1) is 0 Å². The van der Waals surface area contributed by atoms with E-state index < -0.39 is 0 Å². The topological polar surface area (TPSA) is 108 Å². The Hall–Kier alpha value is -4.00. The highest BCUT2D eigenvalue weighted by molar-refractivity contribution is 6.02. The van der Waals surface area contributed by atoms with Gasteiger partial charge < -0.3 is 10.4 Å². The maximum atomic E-state index is 12.9. The fourth-order valence-electron chi connectivity index (χ4n) is 4.04. The quantitative estimate of drug-likeness (QED) is 0.486. The molecule has 0 amide bonds. The first-order valence-electron chi connectivity index (χ1n) is 9.65. The number of hydrogen-bond donors (Lipinski definition) is 3. The number of aromatic nitrogens is 3. The zero-order valence-corrected chi connectivity index (χ0v) is 15.9. The molecule has 4 aromatic rings. The van der Waals surface area contributed by atoms with Crippen LogP contribution < -0.4 is 10.9 Å². The Balaban J connectivity index is 1.60. The van der Waals surface area contributed by atoms with Crippen LogP contribution in [0.4, 0.5) is 11.6 Å². The van der Waals surface area contributed by atoms with E-state index in [9.17, 15) is 14.7 Å². The minimum absolute atomic E-state index is 0.0928. The molecule has 1 aliphatic rings. The summed E-state index contributed by atoms with van der Waals surface area (Å²) in [5, 5.41) is 13.6. The molecular weight excluding hydrogens is 380 g/mol. The second-order valence-corrected chi connectivity index (χ2v) is 7.34. The van der Waals surface area contributed by atoms with Crippen LogP contribution >= 0.6 is 0 Å². The normalized spacial score (nSPS) is 15.7. The Morgan fingerprint density at radius 2 is 1.77 bits per heavy atom. The van der Waals surface area contributed by atoms with Gasteiger partial charge in [0.15, 0.2) is 11.4 Å². The highest BCUT2D eigenvalue weighted by Gasteiger charge is 2.30. The number of nitrogens with zero attached hydrogens (tertiary/aromatic N) is 2. The summed E-state index contributed by atoms with van der Waals surface area (Å²) in [6, 6.07) is 16.4. The number of aromatic hydroxyl groups is 1. The number of hydrogen-bond acceptors (Lipinski definition) is 6. The molecule has 0 saturated carbocycles. The molecule has 0 fully saturated rings. The van der Waals surface area contributed by atoms with Crippen LogP contribution in [0.2, 0.25) is 0 Å². The third kappa shape index (κ3) is 3.10. The lowest BCUT2D eigenvalue weighted by molar-refractivity contribution is 0.0964. The number of anilines is 2. The van der Waals surface area contributed by atoms with Crippen LogP contribution in [-0.2, 0) is 6.42 Å². The number of aromatic amines is 1. The molecule has 0 saturated heterocycles. The summed E-state index contributed by atoms with van der Waals surface area (Å²) in [5.41, 5.74) is 2.49. The summed E-state index contributed by atoms with van der Waals surface area (Å²) < 4.78 is 0. The van der Waals surface area contributed by atoms with Gasteiger partial charge in [0.05, 0.1) is 5.39 Å². The monoisotopic (exact) mass is 398 g/mol. The van der Waals surface area contributed by atoms with Crippen molar-refractivity contribution in [1.29, 1.82) is 0 Å². The Morgan fingerprint density at radius 3 is 2.57 bits per heavy atom. The highest BCUT2D eigenvalue weighted by atomic mass is 16.3. The summed E-state index contributed by atoms with van der Waals surface area (Å²) >= 11 is 0. The van der Waals surface area contributed by atoms with E-state index >= 15 is 0 Å². The van der Waals surface area contributed by atoms with E-state index in [1.54, 1.807) is 12.1 Å². The van der Waals surface area contributed by atoms with Gasteiger partial charge in [-0.25, -0.2) is 4.98 Å². The Bertz CT molecular complexity index is 1330. The predicted octanol–water partition coefficient (Wildman–Crippen LogP) is 3.68. The standard InChI is InChI=1S/C23H18N4O3/c28-18-9-5-4-8-15(18)13-10-16-17(19(29)11-13)12-24-21-20(16)22(30)27-23(26-21)25-14-6-2-1-3-7-14/h1-9,12-13,28H,10-11H2,(H2,24,25,26,27,30). The number of phenols is 1. The molecule has 1 atom stereocenters. The highest BCUT2D eigenvalue weighted by Crippen LogP contribution is 2.37. The number of benzene rings is 2. The van der Waals surface area contributed by atoms with Crippen molar-refractivity contribution in [2.45, 2.75) is 18.8 Å². The third-order valence-electron chi connectivity index (χ3n) is 5.44. The second kappa shape index (κ2) is 7.11. The third-order valence-corrected chi connectivity index (χ3v) is 5.44. The van der Waals surface area contributed by atoms with E-state index in [1.807, 2.05) is 42.5 Å². The average molecular weight is 398 g/mol. The molecule has 0 bridgehead atoms. The van der Waals surface area contributed by atoms with E-state index in [0.29, 0.717) is 28.5 Å². The van der Waals surface area contributed by atoms with Gasteiger partial charge >= 0.3 is 0 Å². The van der Waals surface area contributed by atoms with Gasteiger partial charge in [0, 0.05) is 23.9 Å². The van der Waals surface area contributed by atoms with E-state index in [1.165, 1.54) is 6.20 Å². The Morgan fingerprint density at radius 1 is 1.00 bits per heavy atom. The number of carbonyl (C=O) groups excluding carboxylic acids is 1. The minimum Gasteiger partial charge on any atom is -0.508 e. The number of rotatable bonds is 3. The molecule has 7 heteroatoms. The number of phenolic OH excluding ortho intramolecular Hbond substituents is 1. The van der Waals surface area contributed by atoms with Crippen LogP contribution in [0.5, 0.6) is 5.75 Å². The van der Waals surface area contributed by atoms with Gasteiger partial charge in [-0.3, -0.25) is 14.6 Å². The van der Waals surface area contributed by atoms with Gasteiger partial charge in [-0.05, 0) is 41.7 Å². The van der Waals surface area contributed by atoms with E-state index in [0.717, 1.165) is 5.69 Å². The van der Waals surface area contributed by atoms with Crippen molar-refractivity contribution in [3.63, 3.8) is 0 Å². The molecule has 7 nitrogen and oxygen atoms in total. The summed E-state index contributed by atoms with van der Waals surface area (Å²) in [7, 11) is 0. The second-order valence-electron chi connectivity index (χ2n) is 7.34. The first kappa shape index (κ1) is 18.1. The Kier molecular flexibility index (Phi) is 4.28. The molecular formula is C23H18N4O3. The van der Waals surface area contributed by atoms with Gasteiger partial charge in [0.2, 0.25) is 5.95 Å². The molecule has 3 N–H and O–H groups in total. The Labute approximate surface area is 171 Å². The number of para-hydroxylation sites is 2. The summed E-state index contributed by atoms with van der Waals surface area (Å²) in [6.45, 7) is 0. The predicted molar refractivity (Wildman–Crippen MR) is 113 cm³/mol. The molecule has 2 heterocycles. The van der Waals surface area contributed by atoms with E-state index in [2.05, 4.69) is 20.3 Å². The number of ketones is 1. The van der Waals surface area contributed by atoms with Crippen LogP contribution in [0.25, 0.3) is 11.0 Å². The summed E-state index contributed by atoms with van der Waals surface area (Å²) in [4.78, 5) is 37.2. The van der Waals surface area contributed by atoms with Gasteiger partial charge in [0.25, 0.3) is 5.56 Å². The van der Waals surface area contributed by atoms with Crippen molar-refractivity contribution >= 4 is 28.5 Å². The summed E-state index contributed by atoms with van der Waals surface area (Å²) in [5.74, 6) is 0.132. The molecule has 2 aromatic carbocycles. The lowest BCUT2D eigenvalue weighted by atomic mass is 9.79. The largest absolute Gasteiger partial charge is 0.508 e. The van der Waals surface area contributed by atoms with Crippen molar-refractivity contribution in [2.24, 2.45) is 0 Å². The van der Waals surface area contributed by atoms with Gasteiger partial charge in [-0.1, -0.05) is 36.4 Å². The van der Waals surface area contributed by atoms with Crippen molar-refractivity contribution < 1.29 is 9.90 Å². The molecule has 148 valence electrons. The molecule has 0 radical (unpaired) electrons. The van der Waals surface area contributed by atoms with Crippen molar-refractivity contribution in [3.05, 3.63) is 87.8 Å².